The molecule has 7 atom stereocenters. The highest BCUT2D eigenvalue weighted by atomic mass is 16.5. The monoisotopic (exact) mass is 755 g/mol. The number of nitrogens with two attached hydrogens (primary N) is 1. The number of carbonyl (C=O) groups is 2. The minimum absolute atomic E-state index is 0.0595. The molecule has 1 aromatic rings. The summed E-state index contributed by atoms with van der Waals surface area (Å²) in [7, 11) is 0. The lowest BCUT2D eigenvalue weighted by atomic mass is 9.52. The molecular formula is C45H61N3O7. The molecule has 55 heavy (non-hydrogen) atoms. The molecule has 10 nitrogen and oxygen atoms in total. The topological polar surface area (TPSA) is 174 Å². The number of ketones is 1. The average molecular weight is 756 g/mol. The van der Waals surface area contributed by atoms with Crippen molar-refractivity contribution in [3.05, 3.63) is 93.6 Å². The number of rotatable bonds is 9. The van der Waals surface area contributed by atoms with Gasteiger partial charge in [-0.25, -0.2) is 0 Å². The number of allylic oxidation sites excluding steroid dienone is 5. The van der Waals surface area contributed by atoms with Crippen molar-refractivity contribution in [3.8, 4) is 11.8 Å². The van der Waals surface area contributed by atoms with Crippen LogP contribution in [0.25, 0.3) is 0 Å². The van der Waals surface area contributed by atoms with Gasteiger partial charge in [-0.3, -0.25) is 14.9 Å². The van der Waals surface area contributed by atoms with E-state index in [0.29, 0.717) is 69.1 Å². The molecule has 1 spiro atoms. The molecule has 2 aliphatic heterocycles. The Hall–Kier alpha value is -3.66. The lowest BCUT2D eigenvalue weighted by Gasteiger charge is -2.55. The highest BCUT2D eigenvalue weighted by Gasteiger charge is 2.64. The molecule has 2 aliphatic carbocycles. The fraction of sp³-hybridized carbons (Fsp3) is 0.556. The summed E-state index contributed by atoms with van der Waals surface area (Å²) in [6, 6.07) is 5.61. The van der Waals surface area contributed by atoms with Crippen LogP contribution in [0.5, 0.6) is 0 Å². The standard InChI is InChI=1S/C45H61N3O7/c1-6-47-45(54)23-18-29(2)12-7-8-25-55-28-33(15-9-13-30(45)3)35-20-22-44(41(35)52)38(17-11-24-49)34(19-21-43(44,5)53)31(4)39(50)26-32-14-10-16-36-37(32)27-40(51)48-42(36)46/h9-10,13-16,18,35,38,41-42,47,49,52-54H,3,6,11-12,17,19-28,46H2,1-2,4-5H3,(H,48,51)/b13-9+,29-18+,33-15-,34-31+/t35-,38-,41-,42-,43-,44-,45+/m1/s1. The maximum Gasteiger partial charge on any atom is 0.225 e. The van der Waals surface area contributed by atoms with Crippen molar-refractivity contribution in [2.75, 3.05) is 26.4 Å². The summed E-state index contributed by atoms with van der Waals surface area (Å²) >= 11 is 0. The van der Waals surface area contributed by atoms with E-state index < -0.39 is 29.0 Å². The van der Waals surface area contributed by atoms with E-state index in [-0.39, 0.29) is 56.2 Å². The zero-order valence-electron chi connectivity index (χ0n) is 33.0. The molecule has 8 N–H and O–H groups in total. The summed E-state index contributed by atoms with van der Waals surface area (Å²) in [5.74, 6) is 5.23. The number of benzene rings is 1. The van der Waals surface area contributed by atoms with Gasteiger partial charge in [0.2, 0.25) is 5.91 Å². The third-order valence-electron chi connectivity index (χ3n) is 12.7. The van der Waals surface area contributed by atoms with Gasteiger partial charge in [0, 0.05) is 37.2 Å². The van der Waals surface area contributed by atoms with Crippen LogP contribution in [0, 0.1) is 29.1 Å². The van der Waals surface area contributed by atoms with Crippen molar-refractivity contribution in [3.63, 3.8) is 0 Å². The van der Waals surface area contributed by atoms with Gasteiger partial charge in [0.15, 0.2) is 5.78 Å². The first-order valence-electron chi connectivity index (χ1n) is 19.8. The van der Waals surface area contributed by atoms with Gasteiger partial charge in [-0.1, -0.05) is 79.0 Å². The van der Waals surface area contributed by atoms with E-state index in [1.165, 1.54) is 0 Å². The first-order valence-corrected chi connectivity index (χ1v) is 19.8. The molecule has 1 aromatic carbocycles. The number of nitrogens with one attached hydrogen (secondary N) is 2. The van der Waals surface area contributed by atoms with Crippen molar-refractivity contribution in [2.45, 2.75) is 115 Å². The molecule has 1 amide bonds. The Kier molecular flexibility index (Phi) is 14.0. The molecule has 2 heterocycles. The number of hydrogen-bond donors (Lipinski definition) is 7. The summed E-state index contributed by atoms with van der Waals surface area (Å²) in [6.45, 7) is 12.6. The average Bonchev–Trinajstić information content (AvgIpc) is 3.49. The quantitative estimate of drug-likeness (QED) is 0.0827. The minimum Gasteiger partial charge on any atom is -0.396 e. The van der Waals surface area contributed by atoms with E-state index in [4.69, 9.17) is 10.5 Å². The fourth-order valence-corrected chi connectivity index (χ4v) is 9.52. The smallest absolute Gasteiger partial charge is 0.225 e. The van der Waals surface area contributed by atoms with Crippen molar-refractivity contribution in [1.29, 1.82) is 0 Å². The first kappa shape index (κ1) is 42.5. The second kappa shape index (κ2) is 18.1. The third kappa shape index (κ3) is 9.00. The van der Waals surface area contributed by atoms with E-state index in [1.54, 1.807) is 13.0 Å². The molecular weight excluding hydrogens is 695 g/mol. The van der Waals surface area contributed by atoms with E-state index in [0.717, 1.165) is 33.4 Å². The lowest BCUT2D eigenvalue weighted by molar-refractivity contribution is -0.167. The Bertz CT molecular complexity index is 1810. The number of likely N-dealkylation sites (N-methyl/N-ethyl adjacent to an activating group) is 1. The van der Waals surface area contributed by atoms with Gasteiger partial charge in [0.05, 0.1) is 24.7 Å². The van der Waals surface area contributed by atoms with E-state index in [9.17, 15) is 30.0 Å². The number of hydrogen-bond acceptors (Lipinski definition) is 9. The summed E-state index contributed by atoms with van der Waals surface area (Å²) < 4.78 is 6.07. The molecule has 298 valence electrons. The first-order chi connectivity index (χ1) is 26.2. The molecule has 2 fully saturated rings. The number of aliphatic hydroxyl groups is 4. The van der Waals surface area contributed by atoms with Gasteiger partial charge < -0.3 is 36.2 Å². The van der Waals surface area contributed by atoms with Gasteiger partial charge in [-0.05, 0) is 105 Å². The van der Waals surface area contributed by atoms with Gasteiger partial charge in [-0.2, -0.15) is 0 Å². The highest BCUT2D eigenvalue weighted by molar-refractivity contribution is 5.97. The number of aliphatic hydroxyl groups excluding tert-OH is 2. The highest BCUT2D eigenvalue weighted by Crippen LogP contribution is 2.63. The normalized spacial score (nSPS) is 35.1. The molecule has 0 bridgehead atoms. The van der Waals surface area contributed by atoms with Gasteiger partial charge in [-0.15, -0.1) is 0 Å². The fourth-order valence-electron chi connectivity index (χ4n) is 9.52. The second-order valence-electron chi connectivity index (χ2n) is 16.1. The number of ether oxygens (including phenoxy) is 1. The molecule has 5 rings (SSSR count). The number of amides is 1. The van der Waals surface area contributed by atoms with Crippen molar-refractivity contribution in [2.24, 2.45) is 23.0 Å². The van der Waals surface area contributed by atoms with Crippen molar-refractivity contribution < 1.29 is 34.8 Å². The molecule has 4 aliphatic rings. The largest absolute Gasteiger partial charge is 0.396 e. The Morgan fingerprint density at radius 3 is 2.75 bits per heavy atom. The van der Waals surface area contributed by atoms with E-state index in [2.05, 4.69) is 29.1 Å². The maximum absolute atomic E-state index is 14.2. The predicted molar refractivity (Wildman–Crippen MR) is 214 cm³/mol. The van der Waals surface area contributed by atoms with Crippen molar-refractivity contribution >= 4 is 11.7 Å². The van der Waals surface area contributed by atoms with E-state index >= 15 is 0 Å². The van der Waals surface area contributed by atoms with Gasteiger partial charge >= 0.3 is 0 Å². The van der Waals surface area contributed by atoms with E-state index in [1.807, 2.05) is 57.2 Å². The Morgan fingerprint density at radius 2 is 2.00 bits per heavy atom. The molecule has 2 saturated carbocycles. The zero-order chi connectivity index (χ0) is 40.0. The van der Waals surface area contributed by atoms with Crippen LogP contribution in [0.1, 0.15) is 102 Å². The summed E-state index contributed by atoms with van der Waals surface area (Å²) in [4.78, 5) is 26.6. The molecule has 10 heteroatoms. The van der Waals surface area contributed by atoms with Crippen molar-refractivity contribution in [1.82, 2.24) is 10.6 Å². The maximum atomic E-state index is 14.2. The Morgan fingerprint density at radius 1 is 1.22 bits per heavy atom. The summed E-state index contributed by atoms with van der Waals surface area (Å²) in [6.07, 6.45) is 9.87. The van der Waals surface area contributed by atoms with Crippen LogP contribution in [0.15, 0.2) is 76.9 Å². The molecule has 0 unspecified atom stereocenters. The van der Waals surface area contributed by atoms with Gasteiger partial charge in [0.1, 0.15) is 18.5 Å². The van der Waals surface area contributed by atoms with Crippen LogP contribution in [-0.4, -0.2) is 75.9 Å². The molecule has 0 radical (unpaired) electrons. The Labute approximate surface area is 326 Å². The number of fused-ring (bicyclic) bond motifs is 1. The summed E-state index contributed by atoms with van der Waals surface area (Å²) in [5, 5.41) is 52.4. The lowest BCUT2D eigenvalue weighted by Crippen LogP contribution is -2.59. The minimum atomic E-state index is -1.35. The van der Waals surface area contributed by atoms with Crippen LogP contribution in [-0.2, 0) is 27.2 Å². The third-order valence-corrected chi connectivity index (χ3v) is 12.7. The van der Waals surface area contributed by atoms with Crippen LogP contribution in [0.3, 0.4) is 0 Å². The predicted octanol–water partition coefficient (Wildman–Crippen LogP) is 4.53. The van der Waals surface area contributed by atoms with Gasteiger partial charge in [0.25, 0.3) is 0 Å². The SMILES string of the molecule is C=C1/C=C/C=C(\[C@H]2CC[C@@]3([C@H](CCCO)/C(=C(\C)C(=O)Cc4cccc5c4CC(=O)N[C@H]5N)CC[C@@]3(C)O)[C@@H]2O)COCC#CC/C(C)=C/C[C@@]1(O)NCC. The van der Waals surface area contributed by atoms with Crippen LogP contribution < -0.4 is 16.4 Å². The second-order valence-corrected chi connectivity index (χ2v) is 16.1. The zero-order valence-corrected chi connectivity index (χ0v) is 33.0. The summed E-state index contributed by atoms with van der Waals surface area (Å²) in [5.41, 5.74) is 8.84. The number of Topliss-reactive ketones (excluding diaryl/α,β-unsaturated/α-hetero) is 1. The van der Waals surface area contributed by atoms with Crippen LogP contribution in [0.2, 0.25) is 0 Å². The van der Waals surface area contributed by atoms with Crippen LogP contribution in [0.4, 0.5) is 0 Å². The molecule has 0 saturated heterocycles. The Balaban J connectivity index is 1.49. The van der Waals surface area contributed by atoms with Crippen LogP contribution >= 0.6 is 0 Å². The number of carbonyl (C=O) groups excluding carboxylic acids is 2. The molecule has 0 aromatic heterocycles.